The minimum atomic E-state index is 0.259. The Bertz CT molecular complexity index is 874. The van der Waals surface area contributed by atoms with Crippen molar-refractivity contribution in [3.8, 4) is 11.6 Å². The number of halogens is 3. The van der Waals surface area contributed by atoms with Crippen LogP contribution in [0.15, 0.2) is 53.3 Å². The molecule has 0 radical (unpaired) electrons. The van der Waals surface area contributed by atoms with Gasteiger partial charge < -0.3 is 15.8 Å². The number of ether oxygens (including phenoxy) is 1. The summed E-state index contributed by atoms with van der Waals surface area (Å²) in [6.07, 6.45) is 1.37. The highest BCUT2D eigenvalue weighted by atomic mass is 79.9. The van der Waals surface area contributed by atoms with Crippen LogP contribution in [0, 0.1) is 0 Å². The molecule has 3 aromatic rings. The average molecular weight is 426 g/mol. The van der Waals surface area contributed by atoms with E-state index in [1.54, 1.807) is 30.3 Å². The van der Waals surface area contributed by atoms with Gasteiger partial charge in [-0.3, -0.25) is 0 Å². The molecule has 0 aliphatic rings. The zero-order valence-electron chi connectivity index (χ0n) is 12.1. The van der Waals surface area contributed by atoms with Gasteiger partial charge in [0.25, 0.3) is 0 Å². The van der Waals surface area contributed by atoms with Crippen LogP contribution < -0.4 is 15.8 Å². The molecular weight excluding hydrogens is 415 g/mol. The third kappa shape index (κ3) is 3.90. The third-order valence-electron chi connectivity index (χ3n) is 3.06. The van der Waals surface area contributed by atoms with E-state index in [-0.39, 0.29) is 11.6 Å². The Hall–Kier alpha value is -2.02. The monoisotopic (exact) mass is 424 g/mol. The van der Waals surface area contributed by atoms with E-state index in [4.69, 9.17) is 33.7 Å². The van der Waals surface area contributed by atoms with Crippen molar-refractivity contribution in [1.29, 1.82) is 0 Å². The fraction of sp³-hybridized carbons (Fsp3) is 0. The van der Waals surface area contributed by atoms with E-state index in [1.807, 2.05) is 12.1 Å². The van der Waals surface area contributed by atoms with Gasteiger partial charge in [-0.25, -0.2) is 4.98 Å². The molecule has 3 rings (SSSR count). The van der Waals surface area contributed by atoms with Gasteiger partial charge >= 0.3 is 0 Å². The van der Waals surface area contributed by atoms with E-state index >= 15 is 0 Å². The van der Waals surface area contributed by atoms with Gasteiger partial charge in [0.2, 0.25) is 5.88 Å². The molecule has 5 nitrogen and oxygen atoms in total. The molecule has 24 heavy (non-hydrogen) atoms. The number of aromatic nitrogens is 2. The van der Waals surface area contributed by atoms with Crippen LogP contribution in [0.25, 0.3) is 0 Å². The maximum atomic E-state index is 6.10. The molecule has 0 bridgehead atoms. The summed E-state index contributed by atoms with van der Waals surface area (Å²) in [5.41, 5.74) is 7.08. The molecule has 0 spiro atoms. The van der Waals surface area contributed by atoms with Crippen molar-refractivity contribution in [1.82, 2.24) is 9.97 Å². The molecule has 122 valence electrons. The number of nitrogens with zero attached hydrogens (tertiary/aromatic N) is 2. The lowest BCUT2D eigenvalue weighted by atomic mass is 10.3. The van der Waals surface area contributed by atoms with Gasteiger partial charge in [-0.05, 0) is 42.5 Å². The number of nitrogen functional groups attached to an aromatic ring is 1. The van der Waals surface area contributed by atoms with Gasteiger partial charge in [0.15, 0.2) is 5.82 Å². The van der Waals surface area contributed by atoms with Crippen LogP contribution in [0.3, 0.4) is 0 Å². The lowest BCUT2D eigenvalue weighted by molar-refractivity contribution is 0.464. The molecule has 0 aliphatic heterocycles. The van der Waals surface area contributed by atoms with Crippen LogP contribution in [0.5, 0.6) is 11.6 Å². The molecule has 0 saturated heterocycles. The van der Waals surface area contributed by atoms with Gasteiger partial charge in [0.1, 0.15) is 17.8 Å². The molecule has 0 fully saturated rings. The first-order valence-electron chi connectivity index (χ1n) is 6.79. The SMILES string of the molecule is Nc1c(Nc2ccc(Cl)c(Cl)c2)ncnc1Oc1ccc(Br)cc1. The smallest absolute Gasteiger partial charge is 0.248 e. The molecule has 0 saturated carbocycles. The van der Waals surface area contributed by atoms with E-state index < -0.39 is 0 Å². The first-order valence-corrected chi connectivity index (χ1v) is 8.34. The predicted molar refractivity (Wildman–Crippen MR) is 100 cm³/mol. The summed E-state index contributed by atoms with van der Waals surface area (Å²) in [7, 11) is 0. The summed E-state index contributed by atoms with van der Waals surface area (Å²) >= 11 is 15.3. The highest BCUT2D eigenvalue weighted by molar-refractivity contribution is 9.10. The first kappa shape index (κ1) is 16.8. The summed E-state index contributed by atoms with van der Waals surface area (Å²) in [5, 5.41) is 3.97. The second-order valence-electron chi connectivity index (χ2n) is 4.75. The fourth-order valence-corrected chi connectivity index (χ4v) is 2.45. The molecule has 0 atom stereocenters. The Morgan fingerprint density at radius 3 is 2.46 bits per heavy atom. The van der Waals surface area contributed by atoms with Crippen molar-refractivity contribution >= 4 is 56.3 Å². The predicted octanol–water partition coefficient (Wildman–Crippen LogP) is 5.66. The third-order valence-corrected chi connectivity index (χ3v) is 4.33. The first-order chi connectivity index (χ1) is 11.5. The fourth-order valence-electron chi connectivity index (χ4n) is 1.89. The molecule has 0 aliphatic carbocycles. The van der Waals surface area contributed by atoms with Crippen LogP contribution in [0.2, 0.25) is 10.0 Å². The molecule has 0 amide bonds. The number of anilines is 3. The van der Waals surface area contributed by atoms with Crippen LogP contribution in [-0.2, 0) is 0 Å². The van der Waals surface area contributed by atoms with Crippen LogP contribution in [0.4, 0.5) is 17.2 Å². The topological polar surface area (TPSA) is 73.1 Å². The van der Waals surface area contributed by atoms with E-state index in [9.17, 15) is 0 Å². The maximum Gasteiger partial charge on any atom is 0.248 e. The highest BCUT2D eigenvalue weighted by Crippen LogP contribution is 2.32. The lowest BCUT2D eigenvalue weighted by Gasteiger charge is -2.12. The Balaban J connectivity index is 1.84. The minimum Gasteiger partial charge on any atom is -0.437 e. The molecule has 1 heterocycles. The molecule has 3 N–H and O–H groups in total. The van der Waals surface area contributed by atoms with Gasteiger partial charge in [0, 0.05) is 10.2 Å². The summed E-state index contributed by atoms with van der Waals surface area (Å²) in [6, 6.07) is 12.5. The second-order valence-corrected chi connectivity index (χ2v) is 6.48. The maximum absolute atomic E-state index is 6.10. The Morgan fingerprint density at radius 1 is 1.00 bits per heavy atom. The van der Waals surface area contributed by atoms with Crippen molar-refractivity contribution in [2.75, 3.05) is 11.1 Å². The van der Waals surface area contributed by atoms with E-state index in [0.717, 1.165) is 4.47 Å². The average Bonchev–Trinajstić information content (AvgIpc) is 2.57. The van der Waals surface area contributed by atoms with Crippen molar-refractivity contribution in [3.63, 3.8) is 0 Å². The number of hydrogen-bond donors (Lipinski definition) is 2. The number of nitrogens with two attached hydrogens (primary N) is 1. The van der Waals surface area contributed by atoms with Crippen LogP contribution >= 0.6 is 39.1 Å². The van der Waals surface area contributed by atoms with Gasteiger partial charge in [0.05, 0.1) is 10.0 Å². The number of benzene rings is 2. The van der Waals surface area contributed by atoms with E-state index in [0.29, 0.717) is 27.3 Å². The highest BCUT2D eigenvalue weighted by Gasteiger charge is 2.11. The van der Waals surface area contributed by atoms with Crippen LogP contribution in [0.1, 0.15) is 0 Å². The zero-order valence-corrected chi connectivity index (χ0v) is 15.2. The Morgan fingerprint density at radius 2 is 1.75 bits per heavy atom. The van der Waals surface area contributed by atoms with E-state index in [1.165, 1.54) is 6.33 Å². The largest absolute Gasteiger partial charge is 0.437 e. The summed E-state index contributed by atoms with van der Waals surface area (Å²) in [6.45, 7) is 0. The lowest BCUT2D eigenvalue weighted by Crippen LogP contribution is -2.03. The number of rotatable bonds is 4. The summed E-state index contributed by atoms with van der Waals surface area (Å²) in [4.78, 5) is 8.20. The quantitative estimate of drug-likeness (QED) is 0.563. The number of nitrogens with one attached hydrogen (secondary N) is 1. The standard InChI is InChI=1S/C16H11BrCl2N4O/c17-9-1-4-11(5-2-9)24-16-14(20)15(21-8-22-16)23-10-3-6-12(18)13(19)7-10/h1-8H,20H2,(H,21,22,23). The molecule has 0 unspecified atom stereocenters. The van der Waals surface area contributed by atoms with Gasteiger partial charge in [-0.2, -0.15) is 4.98 Å². The molecule has 1 aromatic heterocycles. The molecular formula is C16H11BrCl2N4O. The summed E-state index contributed by atoms with van der Waals surface area (Å²) in [5.74, 6) is 1.29. The summed E-state index contributed by atoms with van der Waals surface area (Å²) < 4.78 is 6.65. The minimum absolute atomic E-state index is 0.259. The van der Waals surface area contributed by atoms with Crippen molar-refractivity contribution in [3.05, 3.63) is 63.3 Å². The van der Waals surface area contributed by atoms with Crippen molar-refractivity contribution in [2.24, 2.45) is 0 Å². The zero-order chi connectivity index (χ0) is 17.1. The van der Waals surface area contributed by atoms with Gasteiger partial charge in [-0.1, -0.05) is 39.1 Å². The van der Waals surface area contributed by atoms with Crippen molar-refractivity contribution in [2.45, 2.75) is 0 Å². The normalized spacial score (nSPS) is 10.5. The Labute approximate surface area is 156 Å². The van der Waals surface area contributed by atoms with Crippen molar-refractivity contribution < 1.29 is 4.74 Å². The Kier molecular flexibility index (Phi) is 5.08. The van der Waals surface area contributed by atoms with Gasteiger partial charge in [-0.15, -0.1) is 0 Å². The second kappa shape index (κ2) is 7.25. The van der Waals surface area contributed by atoms with Crippen LogP contribution in [-0.4, -0.2) is 9.97 Å². The van der Waals surface area contributed by atoms with E-state index in [2.05, 4.69) is 31.2 Å². The molecule has 8 heteroatoms. The molecule has 2 aromatic carbocycles. The number of hydrogen-bond acceptors (Lipinski definition) is 5.